The smallest absolute Gasteiger partial charge is 0.0905 e. The molecule has 1 nitrogen and oxygen atoms in total. The van der Waals surface area contributed by atoms with Gasteiger partial charge in [-0.3, -0.25) is 0 Å². The van der Waals surface area contributed by atoms with Gasteiger partial charge in [0.15, 0.2) is 0 Å². The van der Waals surface area contributed by atoms with E-state index in [1.54, 1.807) is 0 Å². The third-order valence-corrected chi connectivity index (χ3v) is 2.59. The van der Waals surface area contributed by atoms with Crippen molar-refractivity contribution in [2.75, 3.05) is 5.88 Å². The van der Waals surface area contributed by atoms with E-state index in [2.05, 4.69) is 0 Å². The van der Waals surface area contributed by atoms with Crippen molar-refractivity contribution in [3.05, 3.63) is 35.9 Å². The quantitative estimate of drug-likeness (QED) is 0.738. The van der Waals surface area contributed by atoms with E-state index in [1.165, 1.54) is 0 Å². The van der Waals surface area contributed by atoms with Gasteiger partial charge in [0, 0.05) is 5.88 Å². The maximum atomic E-state index is 10.2. The van der Waals surface area contributed by atoms with E-state index in [0.717, 1.165) is 5.56 Å². The minimum Gasteiger partial charge on any atom is -0.385 e. The SMILES string of the molecule is CC[C@@](O)(CCCl)c1ccccc1. The second kappa shape index (κ2) is 4.64. The molecule has 0 spiro atoms. The Kier molecular flexibility index (Phi) is 3.76. The first-order valence-electron chi connectivity index (χ1n) is 4.57. The van der Waals surface area contributed by atoms with Gasteiger partial charge in [0.1, 0.15) is 0 Å². The number of rotatable bonds is 4. The van der Waals surface area contributed by atoms with Gasteiger partial charge in [0.2, 0.25) is 0 Å². The molecule has 1 aromatic rings. The molecule has 0 aliphatic rings. The van der Waals surface area contributed by atoms with Crippen LogP contribution in [-0.2, 0) is 5.60 Å². The third-order valence-electron chi connectivity index (χ3n) is 2.40. The molecule has 0 radical (unpaired) electrons. The summed E-state index contributed by atoms with van der Waals surface area (Å²) in [5.41, 5.74) is 0.210. The van der Waals surface area contributed by atoms with E-state index >= 15 is 0 Å². The fraction of sp³-hybridized carbons (Fsp3) is 0.455. The summed E-state index contributed by atoms with van der Waals surface area (Å²) in [5, 5.41) is 10.2. The molecule has 0 heterocycles. The molecule has 13 heavy (non-hydrogen) atoms. The molecule has 0 bridgehead atoms. The lowest BCUT2D eigenvalue weighted by Gasteiger charge is -2.26. The predicted molar refractivity (Wildman–Crippen MR) is 56.0 cm³/mol. The Hall–Kier alpha value is -0.530. The summed E-state index contributed by atoms with van der Waals surface area (Å²) in [6.07, 6.45) is 1.30. The molecule has 0 amide bonds. The van der Waals surface area contributed by atoms with Crippen LogP contribution in [0.1, 0.15) is 25.3 Å². The fourth-order valence-corrected chi connectivity index (χ4v) is 1.74. The average Bonchev–Trinajstić information content (AvgIpc) is 2.19. The van der Waals surface area contributed by atoms with E-state index in [4.69, 9.17) is 11.6 Å². The van der Waals surface area contributed by atoms with Gasteiger partial charge in [0.05, 0.1) is 5.60 Å². The molecule has 72 valence electrons. The van der Waals surface area contributed by atoms with Gasteiger partial charge in [-0.1, -0.05) is 37.3 Å². The lowest BCUT2D eigenvalue weighted by Crippen LogP contribution is -2.25. The maximum absolute atomic E-state index is 10.2. The monoisotopic (exact) mass is 198 g/mol. The Morgan fingerprint density at radius 1 is 1.31 bits per heavy atom. The van der Waals surface area contributed by atoms with Crippen LogP contribution in [0.4, 0.5) is 0 Å². The highest BCUT2D eigenvalue weighted by Crippen LogP contribution is 2.28. The van der Waals surface area contributed by atoms with E-state index in [-0.39, 0.29) is 0 Å². The van der Waals surface area contributed by atoms with Crippen molar-refractivity contribution >= 4 is 11.6 Å². The molecule has 0 fully saturated rings. The van der Waals surface area contributed by atoms with E-state index in [1.807, 2.05) is 37.3 Å². The molecule has 0 saturated carbocycles. The molecule has 0 aliphatic carbocycles. The van der Waals surface area contributed by atoms with Gasteiger partial charge in [0.25, 0.3) is 0 Å². The third kappa shape index (κ3) is 2.45. The van der Waals surface area contributed by atoms with Gasteiger partial charge in [-0.05, 0) is 18.4 Å². The molecule has 0 saturated heterocycles. The summed E-state index contributed by atoms with van der Waals surface area (Å²) in [7, 11) is 0. The van der Waals surface area contributed by atoms with Gasteiger partial charge >= 0.3 is 0 Å². The molecule has 1 rings (SSSR count). The van der Waals surface area contributed by atoms with E-state index in [9.17, 15) is 5.11 Å². The lowest BCUT2D eigenvalue weighted by molar-refractivity contribution is 0.0293. The van der Waals surface area contributed by atoms with Crippen molar-refractivity contribution in [3.8, 4) is 0 Å². The first kappa shape index (κ1) is 10.6. The van der Waals surface area contributed by atoms with Crippen LogP contribution in [0.5, 0.6) is 0 Å². The minimum absolute atomic E-state index is 0.485. The molecular weight excluding hydrogens is 184 g/mol. The van der Waals surface area contributed by atoms with Crippen molar-refractivity contribution in [3.63, 3.8) is 0 Å². The van der Waals surface area contributed by atoms with Crippen LogP contribution in [-0.4, -0.2) is 11.0 Å². The maximum Gasteiger partial charge on any atom is 0.0905 e. The normalized spacial score (nSPS) is 15.3. The highest BCUT2D eigenvalue weighted by atomic mass is 35.5. The van der Waals surface area contributed by atoms with Crippen LogP contribution in [0.3, 0.4) is 0 Å². The molecular formula is C11H15ClO. The van der Waals surface area contributed by atoms with Crippen LogP contribution in [0.2, 0.25) is 0 Å². The lowest BCUT2D eigenvalue weighted by atomic mass is 9.89. The van der Waals surface area contributed by atoms with Gasteiger partial charge < -0.3 is 5.11 Å². The van der Waals surface area contributed by atoms with Gasteiger partial charge in [-0.2, -0.15) is 0 Å². The van der Waals surface area contributed by atoms with Crippen LogP contribution in [0.25, 0.3) is 0 Å². The Morgan fingerprint density at radius 3 is 2.38 bits per heavy atom. The Bertz CT molecular complexity index is 248. The Morgan fingerprint density at radius 2 is 1.92 bits per heavy atom. The molecule has 1 atom stereocenters. The van der Waals surface area contributed by atoms with Crippen LogP contribution in [0, 0.1) is 0 Å². The average molecular weight is 199 g/mol. The zero-order valence-corrected chi connectivity index (χ0v) is 8.59. The number of hydrogen-bond acceptors (Lipinski definition) is 1. The minimum atomic E-state index is -0.747. The Balaban J connectivity index is 2.89. The molecule has 1 N–H and O–H groups in total. The van der Waals surface area contributed by atoms with Gasteiger partial charge in [-0.15, -0.1) is 11.6 Å². The standard InChI is InChI=1S/C11H15ClO/c1-2-11(13,8-9-12)10-6-4-3-5-7-10/h3-7,13H,2,8-9H2,1H3/t11-/m1/s1. The van der Waals surface area contributed by atoms with Crippen LogP contribution < -0.4 is 0 Å². The number of aliphatic hydroxyl groups is 1. The van der Waals surface area contributed by atoms with Crippen molar-refractivity contribution in [2.45, 2.75) is 25.4 Å². The highest BCUT2D eigenvalue weighted by Gasteiger charge is 2.25. The van der Waals surface area contributed by atoms with Crippen molar-refractivity contribution < 1.29 is 5.11 Å². The number of benzene rings is 1. The topological polar surface area (TPSA) is 20.2 Å². The number of hydrogen-bond donors (Lipinski definition) is 1. The largest absolute Gasteiger partial charge is 0.385 e. The predicted octanol–water partition coefficient (Wildman–Crippen LogP) is 2.91. The van der Waals surface area contributed by atoms with Crippen molar-refractivity contribution in [1.29, 1.82) is 0 Å². The summed E-state index contributed by atoms with van der Waals surface area (Å²) in [6.45, 7) is 1.97. The molecule has 0 aliphatic heterocycles. The molecule has 0 aromatic heterocycles. The second-order valence-electron chi connectivity index (χ2n) is 3.19. The van der Waals surface area contributed by atoms with Crippen LogP contribution >= 0.6 is 11.6 Å². The summed E-state index contributed by atoms with van der Waals surface area (Å²) in [4.78, 5) is 0. The number of alkyl halides is 1. The summed E-state index contributed by atoms with van der Waals surface area (Å²) in [6, 6.07) is 9.70. The zero-order chi connectivity index (χ0) is 9.73. The molecule has 0 unspecified atom stereocenters. The van der Waals surface area contributed by atoms with Crippen LogP contribution in [0.15, 0.2) is 30.3 Å². The molecule has 1 aromatic carbocycles. The van der Waals surface area contributed by atoms with E-state index in [0.29, 0.717) is 18.7 Å². The number of halogens is 1. The van der Waals surface area contributed by atoms with Crippen molar-refractivity contribution in [1.82, 2.24) is 0 Å². The fourth-order valence-electron chi connectivity index (χ4n) is 1.43. The highest BCUT2D eigenvalue weighted by molar-refractivity contribution is 6.17. The summed E-state index contributed by atoms with van der Waals surface area (Å²) >= 11 is 5.65. The van der Waals surface area contributed by atoms with Gasteiger partial charge in [-0.25, -0.2) is 0 Å². The Labute approximate surface area is 84.4 Å². The summed E-state index contributed by atoms with van der Waals surface area (Å²) in [5.74, 6) is 0.485. The summed E-state index contributed by atoms with van der Waals surface area (Å²) < 4.78 is 0. The molecule has 2 heteroatoms. The van der Waals surface area contributed by atoms with E-state index < -0.39 is 5.60 Å². The van der Waals surface area contributed by atoms with Crippen molar-refractivity contribution in [2.24, 2.45) is 0 Å². The zero-order valence-electron chi connectivity index (χ0n) is 7.83. The second-order valence-corrected chi connectivity index (χ2v) is 3.57. The first-order valence-corrected chi connectivity index (χ1v) is 5.10. The first-order chi connectivity index (χ1) is 6.23.